The van der Waals surface area contributed by atoms with Crippen molar-refractivity contribution in [2.24, 2.45) is 0 Å². The number of aryl methyl sites for hydroxylation is 1. The van der Waals surface area contributed by atoms with Gasteiger partial charge in [0.2, 0.25) is 0 Å². The molecular formula is C22H28N3O4+. The van der Waals surface area contributed by atoms with Crippen molar-refractivity contribution in [3.8, 4) is 0 Å². The van der Waals surface area contributed by atoms with Crippen molar-refractivity contribution in [1.82, 2.24) is 0 Å². The van der Waals surface area contributed by atoms with Crippen LogP contribution in [0.4, 0.5) is 11.4 Å². The molecule has 1 unspecified atom stereocenters. The first-order valence-electron chi connectivity index (χ1n) is 9.55. The Morgan fingerprint density at radius 3 is 2.14 bits per heavy atom. The minimum absolute atomic E-state index is 0.0807. The van der Waals surface area contributed by atoms with Crippen molar-refractivity contribution >= 4 is 29.2 Å². The molecule has 0 aliphatic carbocycles. The number of likely N-dealkylation sites (N-methyl/N-ethyl adjacent to an activating group) is 1. The normalized spacial score (nSPS) is 11.4. The van der Waals surface area contributed by atoms with E-state index in [9.17, 15) is 14.4 Å². The van der Waals surface area contributed by atoms with E-state index in [4.69, 9.17) is 4.74 Å². The summed E-state index contributed by atoms with van der Waals surface area (Å²) in [5.41, 5.74) is 3.59. The van der Waals surface area contributed by atoms with Crippen molar-refractivity contribution in [3.63, 3.8) is 0 Å². The number of nitrogens with one attached hydrogen (secondary N) is 3. The van der Waals surface area contributed by atoms with Crippen LogP contribution in [0.15, 0.2) is 42.5 Å². The van der Waals surface area contributed by atoms with E-state index < -0.39 is 5.97 Å². The molecule has 154 valence electrons. The number of hydrogen-bond donors (Lipinski definition) is 3. The number of carbonyl (C=O) groups excluding carboxylic acids is 3. The highest BCUT2D eigenvalue weighted by Crippen LogP contribution is 2.17. The Labute approximate surface area is 171 Å². The topological polar surface area (TPSA) is 88.9 Å². The molecule has 0 aliphatic heterocycles. The van der Waals surface area contributed by atoms with Gasteiger partial charge in [0.05, 0.1) is 24.9 Å². The maximum Gasteiger partial charge on any atom is 0.340 e. The molecule has 0 bridgehead atoms. The van der Waals surface area contributed by atoms with Crippen molar-refractivity contribution in [2.75, 3.05) is 37.4 Å². The molecule has 7 heteroatoms. The van der Waals surface area contributed by atoms with Crippen LogP contribution in [-0.4, -0.2) is 44.5 Å². The molecule has 0 aromatic heterocycles. The van der Waals surface area contributed by atoms with Crippen LogP contribution in [-0.2, 0) is 14.3 Å². The summed E-state index contributed by atoms with van der Waals surface area (Å²) in [4.78, 5) is 37.4. The summed E-state index contributed by atoms with van der Waals surface area (Å²) in [7, 11) is 1.76. The lowest BCUT2D eigenvalue weighted by Gasteiger charge is -2.16. The number of carbonyl (C=O) groups is 3. The van der Waals surface area contributed by atoms with E-state index >= 15 is 0 Å². The summed E-state index contributed by atoms with van der Waals surface area (Å²) < 4.78 is 5.01. The van der Waals surface area contributed by atoms with Gasteiger partial charge in [0.1, 0.15) is 0 Å². The number of rotatable bonds is 8. The molecule has 0 fully saturated rings. The van der Waals surface area contributed by atoms with Crippen molar-refractivity contribution in [1.29, 1.82) is 0 Å². The average Bonchev–Trinajstić information content (AvgIpc) is 2.65. The summed E-state index contributed by atoms with van der Waals surface area (Å²) in [6, 6.07) is 12.4. The highest BCUT2D eigenvalue weighted by Gasteiger charge is 2.18. The predicted octanol–water partition coefficient (Wildman–Crippen LogP) is 1.57. The smallest absolute Gasteiger partial charge is 0.340 e. The highest BCUT2D eigenvalue weighted by molar-refractivity contribution is 6.01. The van der Waals surface area contributed by atoms with Crippen LogP contribution < -0.4 is 15.5 Å². The quantitative estimate of drug-likeness (QED) is 0.589. The average molecular weight is 398 g/mol. The van der Waals surface area contributed by atoms with Crippen LogP contribution in [0.3, 0.4) is 0 Å². The fraction of sp³-hybridized carbons (Fsp3) is 0.318. The van der Waals surface area contributed by atoms with Gasteiger partial charge in [-0.3, -0.25) is 9.59 Å². The zero-order valence-corrected chi connectivity index (χ0v) is 17.3. The molecule has 29 heavy (non-hydrogen) atoms. The van der Waals surface area contributed by atoms with Gasteiger partial charge in [0.15, 0.2) is 13.1 Å². The van der Waals surface area contributed by atoms with Crippen LogP contribution in [0.5, 0.6) is 0 Å². The summed E-state index contributed by atoms with van der Waals surface area (Å²) in [6.45, 7) is 6.14. The zero-order valence-electron chi connectivity index (χ0n) is 17.3. The second kappa shape index (κ2) is 10.4. The van der Waals surface area contributed by atoms with Crippen LogP contribution in [0, 0.1) is 13.8 Å². The van der Waals surface area contributed by atoms with Gasteiger partial charge >= 0.3 is 5.97 Å². The third-order valence-corrected chi connectivity index (χ3v) is 4.50. The molecule has 7 nitrogen and oxygen atoms in total. The van der Waals surface area contributed by atoms with Crippen molar-refractivity contribution in [2.45, 2.75) is 20.8 Å². The fourth-order valence-corrected chi connectivity index (χ4v) is 2.86. The summed E-state index contributed by atoms with van der Waals surface area (Å²) in [5, 5.41) is 5.62. The Hall–Kier alpha value is -3.19. The molecule has 0 radical (unpaired) electrons. The Morgan fingerprint density at radius 1 is 0.897 bits per heavy atom. The second-order valence-electron chi connectivity index (χ2n) is 6.92. The summed E-state index contributed by atoms with van der Waals surface area (Å²) in [6.07, 6.45) is 0. The molecule has 0 saturated carbocycles. The molecular weight excluding hydrogens is 370 g/mol. The number of ether oxygens (including phenoxy) is 1. The molecule has 2 amide bonds. The predicted molar refractivity (Wildman–Crippen MR) is 112 cm³/mol. The second-order valence-corrected chi connectivity index (χ2v) is 6.92. The van der Waals surface area contributed by atoms with Gasteiger partial charge in [-0.25, -0.2) is 4.79 Å². The van der Waals surface area contributed by atoms with E-state index in [-0.39, 0.29) is 31.5 Å². The third kappa shape index (κ3) is 6.43. The number of quaternary nitrogens is 1. The van der Waals surface area contributed by atoms with Gasteiger partial charge in [-0.1, -0.05) is 24.3 Å². The lowest BCUT2D eigenvalue weighted by Crippen LogP contribution is -3.11. The van der Waals surface area contributed by atoms with E-state index in [1.54, 1.807) is 38.2 Å². The third-order valence-electron chi connectivity index (χ3n) is 4.50. The molecule has 3 N–H and O–H groups in total. The maximum atomic E-state index is 12.4. The number of anilines is 2. The minimum Gasteiger partial charge on any atom is -0.462 e. The lowest BCUT2D eigenvalue weighted by atomic mass is 10.1. The molecule has 0 spiro atoms. The zero-order chi connectivity index (χ0) is 21.4. The number of esters is 1. The number of para-hydroxylation sites is 1. The molecule has 2 aromatic carbocycles. The summed E-state index contributed by atoms with van der Waals surface area (Å²) >= 11 is 0. The number of hydrogen-bond acceptors (Lipinski definition) is 4. The first kappa shape index (κ1) is 22.1. The van der Waals surface area contributed by atoms with Gasteiger partial charge in [-0.15, -0.1) is 0 Å². The lowest BCUT2D eigenvalue weighted by molar-refractivity contribution is -0.862. The molecule has 2 rings (SSSR count). The first-order chi connectivity index (χ1) is 13.8. The minimum atomic E-state index is -0.489. The van der Waals surface area contributed by atoms with Gasteiger partial charge in [0.25, 0.3) is 11.8 Å². The van der Waals surface area contributed by atoms with Gasteiger partial charge in [-0.2, -0.15) is 0 Å². The SMILES string of the molecule is CCOC(=O)c1ccccc1NC(=O)C[NH+](C)CC(=O)Nc1cccc(C)c1C. The van der Waals surface area contributed by atoms with Crippen LogP contribution in [0.25, 0.3) is 0 Å². The van der Waals surface area contributed by atoms with E-state index in [0.717, 1.165) is 21.7 Å². The Kier molecular flexibility index (Phi) is 7.91. The Morgan fingerprint density at radius 2 is 1.48 bits per heavy atom. The Bertz CT molecular complexity index is 895. The molecule has 0 aliphatic rings. The maximum absolute atomic E-state index is 12.4. The standard InChI is InChI=1S/C22H27N3O4/c1-5-29-22(28)17-10-6-7-11-19(17)24-21(27)14-25(4)13-20(26)23-18-12-8-9-15(2)16(18)3/h6-12H,5,13-14H2,1-4H3,(H,23,26)(H,24,27)/p+1. The van der Waals surface area contributed by atoms with E-state index in [1.807, 2.05) is 32.0 Å². The monoisotopic (exact) mass is 398 g/mol. The number of benzene rings is 2. The van der Waals surface area contributed by atoms with Crippen molar-refractivity contribution < 1.29 is 24.0 Å². The van der Waals surface area contributed by atoms with Crippen LogP contribution >= 0.6 is 0 Å². The molecule has 2 aromatic rings. The fourth-order valence-electron chi connectivity index (χ4n) is 2.86. The van der Waals surface area contributed by atoms with E-state index in [0.29, 0.717) is 11.3 Å². The van der Waals surface area contributed by atoms with Crippen molar-refractivity contribution in [3.05, 3.63) is 59.2 Å². The molecule has 0 heterocycles. The largest absolute Gasteiger partial charge is 0.462 e. The van der Waals surface area contributed by atoms with Crippen LogP contribution in [0.2, 0.25) is 0 Å². The molecule has 1 atom stereocenters. The first-order valence-corrected chi connectivity index (χ1v) is 9.55. The molecule has 0 saturated heterocycles. The van der Waals surface area contributed by atoms with E-state index in [2.05, 4.69) is 10.6 Å². The van der Waals surface area contributed by atoms with Gasteiger partial charge < -0.3 is 20.3 Å². The Balaban J connectivity index is 1.92. The number of amides is 2. The van der Waals surface area contributed by atoms with Gasteiger partial charge in [0, 0.05) is 5.69 Å². The van der Waals surface area contributed by atoms with E-state index in [1.165, 1.54) is 0 Å². The summed E-state index contributed by atoms with van der Waals surface area (Å²) in [5.74, 6) is -0.952. The van der Waals surface area contributed by atoms with Crippen LogP contribution in [0.1, 0.15) is 28.4 Å². The van der Waals surface area contributed by atoms with Gasteiger partial charge in [-0.05, 0) is 50.1 Å². The highest BCUT2D eigenvalue weighted by atomic mass is 16.5.